The molecule has 7 heteroatoms. The molecule has 2 heterocycles. The Labute approximate surface area is 144 Å². The molecular formula is C15H25Cl2N3O2. The van der Waals surface area contributed by atoms with E-state index in [1.165, 1.54) is 0 Å². The summed E-state index contributed by atoms with van der Waals surface area (Å²) in [6.07, 6.45) is 2.58. The van der Waals surface area contributed by atoms with Gasteiger partial charge in [-0.15, -0.1) is 24.8 Å². The maximum atomic E-state index is 12.4. The Morgan fingerprint density at radius 2 is 2.18 bits per heavy atom. The number of amides is 1. The molecule has 22 heavy (non-hydrogen) atoms. The molecular weight excluding hydrogens is 325 g/mol. The fourth-order valence-corrected chi connectivity index (χ4v) is 2.38. The highest BCUT2D eigenvalue weighted by molar-refractivity contribution is 5.95. The van der Waals surface area contributed by atoms with Crippen molar-refractivity contribution >= 4 is 30.7 Å². The van der Waals surface area contributed by atoms with Gasteiger partial charge in [-0.05, 0) is 51.4 Å². The highest BCUT2D eigenvalue weighted by atomic mass is 35.5. The molecule has 1 saturated heterocycles. The summed E-state index contributed by atoms with van der Waals surface area (Å²) in [6, 6.07) is 3.76. The number of ether oxygens (including phenoxy) is 1. The maximum Gasteiger partial charge on any atom is 0.273 e. The largest absolute Gasteiger partial charge is 0.489 e. The molecule has 0 saturated carbocycles. The Morgan fingerprint density at radius 3 is 2.82 bits per heavy atom. The SMILES string of the molecule is CC(C)Oc1cccnc1C(=O)NC1CCNCC1C.Cl.Cl. The minimum atomic E-state index is -0.153. The number of carbonyl (C=O) groups excluding carboxylic acids is 1. The minimum Gasteiger partial charge on any atom is -0.489 e. The van der Waals surface area contributed by atoms with Gasteiger partial charge in [-0.2, -0.15) is 0 Å². The summed E-state index contributed by atoms with van der Waals surface area (Å²) in [5.41, 5.74) is 0.368. The van der Waals surface area contributed by atoms with Crippen LogP contribution in [0.15, 0.2) is 18.3 Å². The molecule has 0 spiro atoms. The second kappa shape index (κ2) is 9.87. The number of aromatic nitrogens is 1. The molecule has 2 rings (SSSR count). The summed E-state index contributed by atoms with van der Waals surface area (Å²) in [4.78, 5) is 16.6. The molecule has 126 valence electrons. The van der Waals surface area contributed by atoms with Crippen LogP contribution in [0, 0.1) is 5.92 Å². The summed E-state index contributed by atoms with van der Waals surface area (Å²) < 4.78 is 5.65. The Hall–Kier alpha value is -1.04. The Bertz CT molecular complexity index is 472. The first kappa shape index (κ1) is 21.0. The molecule has 0 radical (unpaired) electrons. The summed E-state index contributed by atoms with van der Waals surface area (Å²) in [7, 11) is 0. The predicted octanol–water partition coefficient (Wildman–Crippen LogP) is 2.44. The first-order valence-electron chi connectivity index (χ1n) is 7.21. The smallest absolute Gasteiger partial charge is 0.273 e. The molecule has 2 N–H and O–H groups in total. The van der Waals surface area contributed by atoms with Crippen LogP contribution < -0.4 is 15.4 Å². The van der Waals surface area contributed by atoms with Gasteiger partial charge >= 0.3 is 0 Å². The predicted molar refractivity (Wildman–Crippen MR) is 92.4 cm³/mol. The van der Waals surface area contributed by atoms with Crippen LogP contribution in [0.25, 0.3) is 0 Å². The zero-order valence-corrected chi connectivity index (χ0v) is 14.8. The lowest BCUT2D eigenvalue weighted by Gasteiger charge is -2.30. The number of hydrogen-bond donors (Lipinski definition) is 2. The zero-order valence-electron chi connectivity index (χ0n) is 13.2. The van der Waals surface area contributed by atoms with Gasteiger partial charge in [0.15, 0.2) is 11.4 Å². The summed E-state index contributed by atoms with van der Waals surface area (Å²) in [5, 5.41) is 6.40. The Kier molecular flexibility index (Phi) is 9.41. The molecule has 2 unspecified atom stereocenters. The molecule has 1 aliphatic rings. The lowest BCUT2D eigenvalue weighted by molar-refractivity contribution is 0.0902. The maximum absolute atomic E-state index is 12.4. The second-order valence-electron chi connectivity index (χ2n) is 5.57. The summed E-state index contributed by atoms with van der Waals surface area (Å²) in [5.74, 6) is 0.812. The van der Waals surface area contributed by atoms with Crippen LogP contribution in [0.4, 0.5) is 0 Å². The zero-order chi connectivity index (χ0) is 14.5. The van der Waals surface area contributed by atoms with Crippen LogP contribution in [0.1, 0.15) is 37.7 Å². The molecule has 1 aromatic heterocycles. The number of piperidine rings is 1. The van der Waals surface area contributed by atoms with Crippen LogP contribution in [-0.4, -0.2) is 36.1 Å². The van der Waals surface area contributed by atoms with Crippen LogP contribution >= 0.6 is 24.8 Å². The third-order valence-corrected chi connectivity index (χ3v) is 3.45. The van der Waals surface area contributed by atoms with Gasteiger partial charge in [-0.1, -0.05) is 6.92 Å². The van der Waals surface area contributed by atoms with Crippen molar-refractivity contribution in [3.63, 3.8) is 0 Å². The highest BCUT2D eigenvalue weighted by Crippen LogP contribution is 2.18. The lowest BCUT2D eigenvalue weighted by atomic mass is 9.95. The van der Waals surface area contributed by atoms with Gasteiger partial charge in [0.05, 0.1) is 6.10 Å². The third kappa shape index (κ3) is 5.63. The molecule has 2 atom stereocenters. The standard InChI is InChI=1S/C15H23N3O2.2ClH/c1-10(2)20-13-5-4-7-17-14(13)15(19)18-12-6-8-16-9-11(12)3;;/h4-5,7,10-12,16H,6,8-9H2,1-3H3,(H,18,19);2*1H. The van der Waals surface area contributed by atoms with Crippen LogP contribution in [0.3, 0.4) is 0 Å². The molecule has 1 aromatic rings. The molecule has 1 aliphatic heterocycles. The van der Waals surface area contributed by atoms with Crippen molar-refractivity contribution in [2.75, 3.05) is 13.1 Å². The Morgan fingerprint density at radius 1 is 1.45 bits per heavy atom. The summed E-state index contributed by atoms with van der Waals surface area (Å²) in [6.45, 7) is 7.88. The second-order valence-corrected chi connectivity index (χ2v) is 5.57. The molecule has 1 fully saturated rings. The van der Waals surface area contributed by atoms with E-state index in [1.807, 2.05) is 13.8 Å². The van der Waals surface area contributed by atoms with E-state index in [0.717, 1.165) is 19.5 Å². The minimum absolute atomic E-state index is 0. The lowest BCUT2D eigenvalue weighted by Crippen LogP contribution is -2.48. The van der Waals surface area contributed by atoms with E-state index in [0.29, 0.717) is 17.4 Å². The van der Waals surface area contributed by atoms with Crippen LogP contribution in [0.5, 0.6) is 5.75 Å². The van der Waals surface area contributed by atoms with Crippen molar-refractivity contribution < 1.29 is 9.53 Å². The number of halogens is 2. The first-order valence-corrected chi connectivity index (χ1v) is 7.21. The monoisotopic (exact) mass is 349 g/mol. The van der Waals surface area contributed by atoms with E-state index < -0.39 is 0 Å². The number of nitrogens with one attached hydrogen (secondary N) is 2. The fourth-order valence-electron chi connectivity index (χ4n) is 2.38. The number of pyridine rings is 1. The van der Waals surface area contributed by atoms with Gasteiger partial charge in [0.25, 0.3) is 5.91 Å². The fraction of sp³-hybridized carbons (Fsp3) is 0.600. The molecule has 0 bridgehead atoms. The van der Waals surface area contributed by atoms with E-state index in [2.05, 4.69) is 22.5 Å². The van der Waals surface area contributed by atoms with Gasteiger partial charge < -0.3 is 15.4 Å². The van der Waals surface area contributed by atoms with Gasteiger partial charge in [0, 0.05) is 12.2 Å². The molecule has 5 nitrogen and oxygen atoms in total. The first-order chi connectivity index (χ1) is 9.58. The van der Waals surface area contributed by atoms with E-state index in [-0.39, 0.29) is 42.9 Å². The van der Waals surface area contributed by atoms with Crippen molar-refractivity contribution in [2.45, 2.75) is 39.3 Å². The number of nitrogens with zero attached hydrogens (tertiary/aromatic N) is 1. The van der Waals surface area contributed by atoms with E-state index in [9.17, 15) is 4.79 Å². The Balaban J connectivity index is 0.00000220. The average Bonchev–Trinajstić information content (AvgIpc) is 2.41. The molecule has 0 aliphatic carbocycles. The quantitative estimate of drug-likeness (QED) is 0.876. The van der Waals surface area contributed by atoms with E-state index in [1.54, 1.807) is 18.3 Å². The van der Waals surface area contributed by atoms with E-state index >= 15 is 0 Å². The van der Waals surface area contributed by atoms with Crippen molar-refractivity contribution in [3.05, 3.63) is 24.0 Å². The van der Waals surface area contributed by atoms with Gasteiger partial charge in [0.2, 0.25) is 0 Å². The highest BCUT2D eigenvalue weighted by Gasteiger charge is 2.25. The van der Waals surface area contributed by atoms with Crippen LogP contribution in [0.2, 0.25) is 0 Å². The third-order valence-electron chi connectivity index (χ3n) is 3.45. The molecule has 0 aromatic carbocycles. The summed E-state index contributed by atoms with van der Waals surface area (Å²) >= 11 is 0. The number of rotatable bonds is 4. The average molecular weight is 350 g/mol. The molecule has 1 amide bonds. The topological polar surface area (TPSA) is 63.2 Å². The van der Waals surface area contributed by atoms with Crippen molar-refractivity contribution in [1.29, 1.82) is 0 Å². The van der Waals surface area contributed by atoms with Gasteiger partial charge in [-0.25, -0.2) is 4.98 Å². The normalized spacial score (nSPS) is 20.5. The van der Waals surface area contributed by atoms with Gasteiger partial charge in [0.1, 0.15) is 0 Å². The van der Waals surface area contributed by atoms with Crippen LogP contribution in [-0.2, 0) is 0 Å². The van der Waals surface area contributed by atoms with Crippen molar-refractivity contribution in [2.24, 2.45) is 5.92 Å². The van der Waals surface area contributed by atoms with Crippen molar-refractivity contribution in [1.82, 2.24) is 15.6 Å². The number of carbonyl (C=O) groups is 1. The van der Waals surface area contributed by atoms with E-state index in [4.69, 9.17) is 4.74 Å². The van der Waals surface area contributed by atoms with Crippen molar-refractivity contribution in [3.8, 4) is 5.75 Å². The number of hydrogen-bond acceptors (Lipinski definition) is 4. The van der Waals surface area contributed by atoms with Gasteiger partial charge in [-0.3, -0.25) is 4.79 Å².